The van der Waals surface area contributed by atoms with E-state index in [9.17, 15) is 0 Å². The van der Waals surface area contributed by atoms with E-state index in [1.54, 1.807) is 0 Å². The maximum absolute atomic E-state index is 6.29. The van der Waals surface area contributed by atoms with Gasteiger partial charge in [0.25, 0.3) is 0 Å². The highest BCUT2D eigenvalue weighted by atomic mass is 35.5. The molecule has 2 aromatic rings. The largest absolute Gasteiger partial charge is 0.368 e. The number of aliphatic imine (C=N–C) groups is 1. The number of rotatable bonds is 6. The van der Waals surface area contributed by atoms with Gasteiger partial charge in [-0.2, -0.15) is 0 Å². The number of allylic oxidation sites excluding steroid dienone is 1. The number of benzene rings is 2. The lowest BCUT2D eigenvalue weighted by Gasteiger charge is -2.43. The predicted octanol–water partition coefficient (Wildman–Crippen LogP) is 7.10. The molecule has 0 saturated carbocycles. The maximum Gasteiger partial charge on any atom is 0.0956 e. The third kappa shape index (κ3) is 5.58. The second kappa shape index (κ2) is 11.1. The van der Waals surface area contributed by atoms with Crippen molar-refractivity contribution >= 4 is 40.3 Å². The van der Waals surface area contributed by atoms with Crippen molar-refractivity contribution in [2.24, 2.45) is 4.99 Å². The zero-order chi connectivity index (χ0) is 23.3. The topological polar surface area (TPSA) is 28.1 Å². The number of hydrazine groups is 1. The highest BCUT2D eigenvalue weighted by Gasteiger charge is 2.30. The van der Waals surface area contributed by atoms with Gasteiger partial charge in [-0.15, -0.1) is 0 Å². The molecule has 0 spiro atoms. The van der Waals surface area contributed by atoms with E-state index in [4.69, 9.17) is 32.9 Å². The normalized spacial score (nSPS) is 21.6. The Hall–Kier alpha value is -2.11. The van der Waals surface area contributed by atoms with Crippen molar-refractivity contribution in [1.82, 2.24) is 10.0 Å². The van der Waals surface area contributed by atoms with Crippen LogP contribution >= 0.6 is 23.2 Å². The van der Waals surface area contributed by atoms with Gasteiger partial charge in [-0.3, -0.25) is 10.0 Å². The molecule has 2 heterocycles. The molecule has 2 aromatic carbocycles. The van der Waals surface area contributed by atoms with Crippen molar-refractivity contribution in [2.45, 2.75) is 44.6 Å². The molecule has 1 unspecified atom stereocenters. The maximum atomic E-state index is 6.29. The van der Waals surface area contributed by atoms with Gasteiger partial charge in [0.15, 0.2) is 0 Å². The third-order valence-electron chi connectivity index (χ3n) is 6.67. The van der Waals surface area contributed by atoms with E-state index in [1.165, 1.54) is 25.7 Å². The second-order valence-corrected chi connectivity index (χ2v) is 10.0. The average Bonchev–Trinajstić information content (AvgIpc) is 2.89. The first-order valence-electron chi connectivity index (χ1n) is 12.3. The Balaban J connectivity index is 1.57. The van der Waals surface area contributed by atoms with E-state index >= 15 is 0 Å². The number of piperidine rings is 1. The Morgan fingerprint density at radius 3 is 2.18 bits per heavy atom. The Kier molecular flexibility index (Phi) is 7.70. The van der Waals surface area contributed by atoms with Crippen LogP contribution in [-0.4, -0.2) is 48.1 Å². The van der Waals surface area contributed by atoms with Gasteiger partial charge in [0.05, 0.1) is 36.4 Å². The number of nitrogens with zero attached hydrogens (tertiary/aromatic N) is 3. The molecule has 6 heteroatoms. The van der Waals surface area contributed by atoms with Crippen molar-refractivity contribution in [3.05, 3.63) is 81.9 Å². The van der Waals surface area contributed by atoms with Gasteiger partial charge in [-0.1, -0.05) is 66.0 Å². The lowest BCUT2D eigenvalue weighted by Crippen LogP contribution is -2.48. The first-order chi connectivity index (χ1) is 16.7. The lowest BCUT2D eigenvalue weighted by atomic mass is 10.0. The van der Waals surface area contributed by atoms with Crippen molar-refractivity contribution in [1.29, 1.82) is 0 Å². The minimum Gasteiger partial charge on any atom is -0.368 e. The first-order valence-corrected chi connectivity index (χ1v) is 13.1. The minimum atomic E-state index is 0.181. The van der Waals surface area contributed by atoms with Gasteiger partial charge in [0.1, 0.15) is 0 Å². The molecule has 0 radical (unpaired) electrons. The van der Waals surface area contributed by atoms with Crippen LogP contribution in [0, 0.1) is 0 Å². The molecular formula is C28H31Cl2N3O. The van der Waals surface area contributed by atoms with Crippen LogP contribution in [0.4, 0.5) is 0 Å². The van der Waals surface area contributed by atoms with Gasteiger partial charge in [0, 0.05) is 34.3 Å². The Morgan fingerprint density at radius 1 is 0.853 bits per heavy atom. The van der Waals surface area contributed by atoms with Crippen LogP contribution in [0.15, 0.2) is 65.7 Å². The van der Waals surface area contributed by atoms with Crippen molar-refractivity contribution in [3.63, 3.8) is 0 Å². The third-order valence-corrected chi connectivity index (χ3v) is 7.17. The molecule has 34 heavy (non-hydrogen) atoms. The fourth-order valence-electron chi connectivity index (χ4n) is 4.88. The summed E-state index contributed by atoms with van der Waals surface area (Å²) in [4.78, 5) is 5.19. The SMILES string of the molecule is Clc1ccc(C2=C(c3ccc(Cl)cc3)N(N3CCCCC3)CC(COC3C=CCCC3)=N2)cc1. The summed E-state index contributed by atoms with van der Waals surface area (Å²) in [7, 11) is 0. The number of halogens is 2. The summed E-state index contributed by atoms with van der Waals surface area (Å²) in [6.07, 6.45) is 11.7. The minimum absolute atomic E-state index is 0.181. The van der Waals surface area contributed by atoms with E-state index < -0.39 is 0 Å². The van der Waals surface area contributed by atoms with Crippen molar-refractivity contribution < 1.29 is 4.74 Å². The molecule has 5 rings (SSSR count). The van der Waals surface area contributed by atoms with Crippen molar-refractivity contribution in [3.8, 4) is 0 Å². The first kappa shape index (κ1) is 23.6. The molecule has 3 aliphatic rings. The number of ether oxygens (including phenoxy) is 1. The van der Waals surface area contributed by atoms with E-state index in [2.05, 4.69) is 46.4 Å². The molecule has 1 atom stereocenters. The van der Waals surface area contributed by atoms with E-state index in [0.717, 1.165) is 70.8 Å². The van der Waals surface area contributed by atoms with E-state index in [-0.39, 0.29) is 6.10 Å². The molecule has 0 amide bonds. The fourth-order valence-corrected chi connectivity index (χ4v) is 5.14. The van der Waals surface area contributed by atoms with Gasteiger partial charge >= 0.3 is 0 Å². The Morgan fingerprint density at radius 2 is 1.53 bits per heavy atom. The molecule has 0 aromatic heterocycles. The molecule has 4 nitrogen and oxygen atoms in total. The zero-order valence-corrected chi connectivity index (χ0v) is 20.9. The highest BCUT2D eigenvalue weighted by molar-refractivity contribution is 6.31. The smallest absolute Gasteiger partial charge is 0.0956 e. The van der Waals surface area contributed by atoms with Crippen LogP contribution in [0.25, 0.3) is 11.4 Å². The van der Waals surface area contributed by atoms with Crippen molar-refractivity contribution in [2.75, 3.05) is 26.2 Å². The molecule has 0 N–H and O–H groups in total. The summed E-state index contributed by atoms with van der Waals surface area (Å²) >= 11 is 12.5. The molecule has 1 saturated heterocycles. The molecule has 1 aliphatic carbocycles. The summed E-state index contributed by atoms with van der Waals surface area (Å²) in [5, 5.41) is 6.36. The van der Waals surface area contributed by atoms with Crippen LogP contribution in [0.5, 0.6) is 0 Å². The quantitative estimate of drug-likeness (QED) is 0.399. The van der Waals surface area contributed by atoms with Crippen LogP contribution in [0.1, 0.15) is 49.7 Å². The second-order valence-electron chi connectivity index (χ2n) is 9.17. The van der Waals surface area contributed by atoms with Crippen LogP contribution in [0.3, 0.4) is 0 Å². The zero-order valence-electron chi connectivity index (χ0n) is 19.4. The standard InChI is InChI=1S/C28H31Cl2N3O/c29-23-13-9-21(10-14-23)27-28(22-11-15-24(30)16-12-22)33(32-17-5-2-6-18-32)19-25(31-27)20-34-26-7-3-1-4-8-26/h3,7,9-16,26H,1-2,4-6,8,17-20H2. The van der Waals surface area contributed by atoms with Gasteiger partial charge in [0.2, 0.25) is 0 Å². The van der Waals surface area contributed by atoms with E-state index in [1.807, 2.05) is 24.3 Å². The molecule has 0 bridgehead atoms. The molecule has 178 valence electrons. The summed E-state index contributed by atoms with van der Waals surface area (Å²) < 4.78 is 6.29. The summed E-state index contributed by atoms with van der Waals surface area (Å²) in [5.41, 5.74) is 5.27. The van der Waals surface area contributed by atoms with Crippen LogP contribution < -0.4 is 0 Å². The Bertz CT molecular complexity index is 1070. The average molecular weight is 496 g/mol. The summed E-state index contributed by atoms with van der Waals surface area (Å²) in [6.45, 7) is 3.35. The monoisotopic (exact) mass is 495 g/mol. The molecule has 2 aliphatic heterocycles. The summed E-state index contributed by atoms with van der Waals surface area (Å²) in [6, 6.07) is 16.1. The summed E-state index contributed by atoms with van der Waals surface area (Å²) in [5.74, 6) is 0. The van der Waals surface area contributed by atoms with Gasteiger partial charge in [-0.25, -0.2) is 5.01 Å². The van der Waals surface area contributed by atoms with Gasteiger partial charge < -0.3 is 4.74 Å². The molecular weight excluding hydrogens is 465 g/mol. The van der Waals surface area contributed by atoms with Crippen LogP contribution in [0.2, 0.25) is 10.0 Å². The Labute approximate surface area is 212 Å². The fraction of sp³-hybridized carbons (Fsp3) is 0.393. The number of hydrogen-bond donors (Lipinski definition) is 0. The predicted molar refractivity (Wildman–Crippen MR) is 142 cm³/mol. The highest BCUT2D eigenvalue weighted by Crippen LogP contribution is 2.36. The van der Waals surface area contributed by atoms with Crippen LogP contribution in [-0.2, 0) is 4.74 Å². The lowest BCUT2D eigenvalue weighted by molar-refractivity contribution is 0.0251. The number of hydrogen-bond acceptors (Lipinski definition) is 4. The van der Waals surface area contributed by atoms with E-state index in [0.29, 0.717) is 6.61 Å². The molecule has 1 fully saturated rings. The van der Waals surface area contributed by atoms with Gasteiger partial charge in [-0.05, 0) is 56.4 Å².